The molecule has 1 aromatic carbocycles. The molecule has 0 spiro atoms. The Balaban J connectivity index is 1.65. The number of fused-ring (bicyclic) bond motifs is 3. The highest BCUT2D eigenvalue weighted by Crippen LogP contribution is 2.24. The van der Waals surface area contributed by atoms with Gasteiger partial charge in [0.1, 0.15) is 11.6 Å². The largest absolute Gasteiger partial charge is 0.497 e. The summed E-state index contributed by atoms with van der Waals surface area (Å²) in [6.45, 7) is 7.69. The maximum Gasteiger partial charge on any atom is 0.204 e. The first-order chi connectivity index (χ1) is 13.5. The molecule has 0 fully saturated rings. The average molecular weight is 402 g/mol. The van der Waals surface area contributed by atoms with Crippen LogP contribution in [0, 0.1) is 6.92 Å². The molecular weight excluding hydrogens is 374 g/mol. The summed E-state index contributed by atoms with van der Waals surface area (Å²) >= 11 is 5.23. The first-order valence-corrected chi connectivity index (χ1v) is 9.88. The van der Waals surface area contributed by atoms with Gasteiger partial charge in [0.2, 0.25) is 5.65 Å². The summed E-state index contributed by atoms with van der Waals surface area (Å²) in [7, 11) is 1.65. The van der Waals surface area contributed by atoms with Crippen LogP contribution in [0.5, 0.6) is 5.75 Å². The Morgan fingerprint density at radius 1 is 1.21 bits per heavy atom. The molecule has 2 aromatic heterocycles. The lowest BCUT2D eigenvalue weighted by atomic mass is 10.2. The molecule has 0 aliphatic rings. The van der Waals surface area contributed by atoms with Crippen molar-refractivity contribution < 1.29 is 4.74 Å². The van der Waals surface area contributed by atoms with Crippen LogP contribution >= 0.6 is 12.2 Å². The Morgan fingerprint density at radius 2 is 2.00 bits per heavy atom. The molecule has 3 rings (SSSR count). The zero-order chi connectivity index (χ0) is 20.1. The van der Waals surface area contributed by atoms with E-state index in [4.69, 9.17) is 21.9 Å². The summed E-state index contributed by atoms with van der Waals surface area (Å²) in [4.78, 5) is 4.74. The van der Waals surface area contributed by atoms with E-state index in [-0.39, 0.29) is 0 Å². The number of unbranched alkanes of at least 4 members (excludes halogenated alkanes) is 1. The third kappa shape index (κ3) is 4.59. The fourth-order valence-electron chi connectivity index (χ4n) is 2.97. The van der Waals surface area contributed by atoms with Crippen LogP contribution in [0.3, 0.4) is 0 Å². The zero-order valence-electron chi connectivity index (χ0n) is 16.7. The highest BCUT2D eigenvalue weighted by molar-refractivity contribution is 7.80. The molecule has 0 amide bonds. The van der Waals surface area contributed by atoms with E-state index in [1.807, 2.05) is 29.5 Å². The monoisotopic (exact) mass is 401 g/mol. The minimum atomic E-state index is 0.341. The van der Waals surface area contributed by atoms with Crippen molar-refractivity contribution in [2.75, 3.05) is 25.5 Å². The summed E-state index contributed by atoms with van der Waals surface area (Å²) in [5.74, 6) is 2.32. The standard InChI is InChI=1S/C19H27N7OS/c1-12(2)22-19(28)21-10-6-5-9-20-17-18-25-24-13(3)26(18)16-8-7-14(27-4)11-15(16)23-17/h7-8,11-12H,5-6,9-10H2,1-4H3,(H,20,23)(H2,21,22,28). The minimum Gasteiger partial charge on any atom is -0.497 e. The van der Waals surface area contributed by atoms with Gasteiger partial charge in [-0.25, -0.2) is 4.98 Å². The molecule has 28 heavy (non-hydrogen) atoms. The van der Waals surface area contributed by atoms with Crippen molar-refractivity contribution in [3.8, 4) is 5.75 Å². The van der Waals surface area contributed by atoms with Crippen molar-refractivity contribution in [1.82, 2.24) is 30.2 Å². The molecule has 0 saturated heterocycles. The van der Waals surface area contributed by atoms with Crippen LogP contribution in [0.2, 0.25) is 0 Å². The van der Waals surface area contributed by atoms with E-state index in [9.17, 15) is 0 Å². The summed E-state index contributed by atoms with van der Waals surface area (Å²) < 4.78 is 7.35. The summed E-state index contributed by atoms with van der Waals surface area (Å²) in [5.41, 5.74) is 2.53. The van der Waals surface area contributed by atoms with Gasteiger partial charge in [-0.2, -0.15) is 0 Å². The molecule has 0 radical (unpaired) electrons. The fraction of sp³-hybridized carbons (Fsp3) is 0.474. The number of hydrogen-bond donors (Lipinski definition) is 3. The molecule has 150 valence electrons. The van der Waals surface area contributed by atoms with E-state index in [0.29, 0.717) is 11.2 Å². The van der Waals surface area contributed by atoms with Gasteiger partial charge >= 0.3 is 0 Å². The second kappa shape index (κ2) is 9.01. The van der Waals surface area contributed by atoms with Gasteiger partial charge < -0.3 is 20.7 Å². The number of nitrogens with one attached hydrogen (secondary N) is 3. The van der Waals surface area contributed by atoms with Crippen LogP contribution in [0.1, 0.15) is 32.5 Å². The van der Waals surface area contributed by atoms with Crippen LogP contribution < -0.4 is 20.7 Å². The van der Waals surface area contributed by atoms with Gasteiger partial charge in [-0.3, -0.25) is 4.40 Å². The predicted octanol–water partition coefficient (Wildman–Crippen LogP) is 2.66. The Hall–Kier alpha value is -2.68. The molecular formula is C19H27N7OS. The number of ether oxygens (including phenoxy) is 1. The van der Waals surface area contributed by atoms with Crippen molar-refractivity contribution in [3.63, 3.8) is 0 Å². The Labute approximate surface area is 170 Å². The van der Waals surface area contributed by atoms with Crippen LogP contribution in [0.25, 0.3) is 16.7 Å². The van der Waals surface area contributed by atoms with Crippen molar-refractivity contribution in [2.24, 2.45) is 0 Å². The van der Waals surface area contributed by atoms with Crippen LogP contribution in [-0.2, 0) is 0 Å². The Bertz CT molecular complexity index is 970. The number of rotatable bonds is 8. The number of anilines is 1. The highest BCUT2D eigenvalue weighted by Gasteiger charge is 2.13. The minimum absolute atomic E-state index is 0.341. The zero-order valence-corrected chi connectivity index (χ0v) is 17.6. The number of aromatic nitrogens is 4. The van der Waals surface area contributed by atoms with Gasteiger partial charge in [0.25, 0.3) is 0 Å². The third-order valence-corrected chi connectivity index (χ3v) is 4.56. The Kier molecular flexibility index (Phi) is 6.45. The lowest BCUT2D eigenvalue weighted by Gasteiger charge is -2.13. The van der Waals surface area contributed by atoms with E-state index in [2.05, 4.69) is 40.0 Å². The molecule has 2 heterocycles. The molecule has 8 nitrogen and oxygen atoms in total. The number of benzene rings is 1. The van der Waals surface area contributed by atoms with Crippen molar-refractivity contribution in [1.29, 1.82) is 0 Å². The summed E-state index contributed by atoms with van der Waals surface area (Å²) in [6.07, 6.45) is 1.98. The number of aryl methyl sites for hydroxylation is 1. The average Bonchev–Trinajstić information content (AvgIpc) is 3.05. The van der Waals surface area contributed by atoms with E-state index < -0.39 is 0 Å². The Morgan fingerprint density at radius 3 is 2.75 bits per heavy atom. The topological polar surface area (TPSA) is 88.4 Å². The molecule has 0 bridgehead atoms. The highest BCUT2D eigenvalue weighted by atomic mass is 32.1. The number of nitrogens with zero attached hydrogens (tertiary/aromatic N) is 4. The van der Waals surface area contributed by atoms with Gasteiger partial charge in [-0.05, 0) is 58.0 Å². The molecule has 3 aromatic rings. The van der Waals surface area contributed by atoms with Crippen molar-refractivity contribution >= 4 is 39.8 Å². The number of thiocarbonyl (C=S) groups is 1. The second-order valence-electron chi connectivity index (χ2n) is 6.91. The van der Waals surface area contributed by atoms with Crippen molar-refractivity contribution in [3.05, 3.63) is 24.0 Å². The van der Waals surface area contributed by atoms with E-state index in [1.54, 1.807) is 7.11 Å². The van der Waals surface area contributed by atoms with Crippen molar-refractivity contribution in [2.45, 2.75) is 39.7 Å². The second-order valence-corrected chi connectivity index (χ2v) is 7.32. The number of hydrogen-bond acceptors (Lipinski definition) is 6. The van der Waals surface area contributed by atoms with Crippen LogP contribution in [0.4, 0.5) is 5.82 Å². The third-order valence-electron chi connectivity index (χ3n) is 4.29. The van der Waals surface area contributed by atoms with E-state index >= 15 is 0 Å². The first-order valence-electron chi connectivity index (χ1n) is 9.47. The molecule has 0 unspecified atom stereocenters. The first kappa shape index (κ1) is 20.1. The lowest BCUT2D eigenvalue weighted by Crippen LogP contribution is -2.39. The molecule has 0 aliphatic heterocycles. The van der Waals surface area contributed by atoms with E-state index in [0.717, 1.165) is 60.0 Å². The molecule has 0 atom stereocenters. The van der Waals surface area contributed by atoms with Gasteiger partial charge in [-0.1, -0.05) is 0 Å². The molecule has 0 aliphatic carbocycles. The maximum atomic E-state index is 5.33. The maximum absolute atomic E-state index is 5.33. The van der Waals surface area contributed by atoms with Crippen LogP contribution in [-0.4, -0.2) is 50.9 Å². The molecule has 0 saturated carbocycles. The number of methoxy groups -OCH3 is 1. The van der Waals surface area contributed by atoms with Gasteiger partial charge in [0.15, 0.2) is 10.9 Å². The van der Waals surface area contributed by atoms with Gasteiger partial charge in [0.05, 0.1) is 18.1 Å². The molecule has 9 heteroatoms. The lowest BCUT2D eigenvalue weighted by molar-refractivity contribution is 0.415. The fourth-order valence-corrected chi connectivity index (χ4v) is 3.31. The SMILES string of the molecule is COc1ccc2c(c1)nc(NCCCCNC(=S)NC(C)C)c1nnc(C)n12. The normalized spacial score (nSPS) is 11.2. The quantitative estimate of drug-likeness (QED) is 0.392. The smallest absolute Gasteiger partial charge is 0.204 e. The van der Waals surface area contributed by atoms with E-state index in [1.165, 1.54) is 0 Å². The molecule has 3 N–H and O–H groups in total. The van der Waals surface area contributed by atoms with Gasteiger partial charge in [0, 0.05) is 25.2 Å². The predicted molar refractivity (Wildman–Crippen MR) is 116 cm³/mol. The summed E-state index contributed by atoms with van der Waals surface area (Å²) in [5, 5.41) is 19.0. The van der Waals surface area contributed by atoms with Gasteiger partial charge in [-0.15, -0.1) is 10.2 Å². The van der Waals surface area contributed by atoms with Crippen LogP contribution in [0.15, 0.2) is 18.2 Å². The summed E-state index contributed by atoms with van der Waals surface area (Å²) in [6, 6.07) is 6.16.